The van der Waals surface area contributed by atoms with E-state index in [-0.39, 0.29) is 10.4 Å². The first-order valence-electron chi connectivity index (χ1n) is 9.70. The number of aromatic nitrogens is 4. The first kappa shape index (κ1) is 18.8. The van der Waals surface area contributed by atoms with Gasteiger partial charge in [-0.2, -0.15) is 4.39 Å². The summed E-state index contributed by atoms with van der Waals surface area (Å²) in [5, 5.41) is 8.35. The summed E-state index contributed by atoms with van der Waals surface area (Å²) in [5.41, 5.74) is 1.82. The molecule has 1 spiro atoms. The van der Waals surface area contributed by atoms with Crippen LogP contribution in [0.1, 0.15) is 32.1 Å². The molecule has 0 amide bonds. The highest BCUT2D eigenvalue weighted by Gasteiger charge is 2.41. The van der Waals surface area contributed by atoms with Gasteiger partial charge in [-0.25, -0.2) is 15.0 Å². The molecular formula is C20H20ClFN6S. The van der Waals surface area contributed by atoms with Crippen molar-refractivity contribution in [3.63, 3.8) is 0 Å². The Labute approximate surface area is 177 Å². The van der Waals surface area contributed by atoms with E-state index in [4.69, 9.17) is 22.0 Å². The minimum atomic E-state index is -0.680. The van der Waals surface area contributed by atoms with E-state index in [1.165, 1.54) is 18.0 Å². The van der Waals surface area contributed by atoms with Crippen molar-refractivity contribution in [3.8, 4) is 0 Å². The van der Waals surface area contributed by atoms with Crippen molar-refractivity contribution in [2.24, 2.45) is 5.41 Å². The van der Waals surface area contributed by atoms with Gasteiger partial charge in [0.1, 0.15) is 5.02 Å². The van der Waals surface area contributed by atoms with Gasteiger partial charge < -0.3 is 10.3 Å². The lowest BCUT2D eigenvalue weighted by Gasteiger charge is -2.40. The van der Waals surface area contributed by atoms with Crippen LogP contribution in [0.3, 0.4) is 0 Å². The Kier molecular flexibility index (Phi) is 4.70. The summed E-state index contributed by atoms with van der Waals surface area (Å²) in [6.07, 6.45) is 12.1. The van der Waals surface area contributed by atoms with Crippen LogP contribution in [0.2, 0.25) is 5.02 Å². The number of nitrogens with one attached hydrogen (secondary N) is 1. The van der Waals surface area contributed by atoms with Crippen LogP contribution in [0, 0.1) is 16.8 Å². The summed E-state index contributed by atoms with van der Waals surface area (Å²) in [6.45, 7) is 1.77. The SMILES string of the molecule is N=C1CCCC12CCN(c1ncc(Sc3ccnc(F)c3Cl)c3nccn13)CC2. The molecule has 0 bridgehead atoms. The van der Waals surface area contributed by atoms with Gasteiger partial charge in [0.2, 0.25) is 11.9 Å². The summed E-state index contributed by atoms with van der Waals surface area (Å²) in [7, 11) is 0. The summed E-state index contributed by atoms with van der Waals surface area (Å²) >= 11 is 7.39. The lowest BCUT2D eigenvalue weighted by molar-refractivity contribution is 0.316. The molecule has 1 N–H and O–H groups in total. The molecule has 5 rings (SSSR count). The van der Waals surface area contributed by atoms with E-state index in [1.807, 2.05) is 10.6 Å². The first-order valence-corrected chi connectivity index (χ1v) is 10.9. The zero-order chi connectivity index (χ0) is 20.0. The van der Waals surface area contributed by atoms with E-state index in [9.17, 15) is 4.39 Å². The highest BCUT2D eigenvalue weighted by Crippen LogP contribution is 2.44. The van der Waals surface area contributed by atoms with Crippen LogP contribution in [0.25, 0.3) is 5.65 Å². The van der Waals surface area contributed by atoms with Crippen molar-refractivity contribution in [2.45, 2.75) is 41.9 Å². The van der Waals surface area contributed by atoms with Crippen LogP contribution in [0.5, 0.6) is 0 Å². The van der Waals surface area contributed by atoms with Crippen molar-refractivity contribution in [2.75, 3.05) is 18.0 Å². The third kappa shape index (κ3) is 3.18. The van der Waals surface area contributed by atoms with E-state index in [2.05, 4.69) is 14.9 Å². The Morgan fingerprint density at radius 1 is 1.10 bits per heavy atom. The van der Waals surface area contributed by atoms with Crippen molar-refractivity contribution in [3.05, 3.63) is 41.8 Å². The molecule has 2 aliphatic rings. The molecule has 0 atom stereocenters. The predicted octanol–water partition coefficient (Wildman–Crippen LogP) is 4.86. The average Bonchev–Trinajstić information content (AvgIpc) is 3.35. The van der Waals surface area contributed by atoms with Crippen molar-refractivity contribution in [1.29, 1.82) is 5.41 Å². The van der Waals surface area contributed by atoms with Gasteiger partial charge in [0.15, 0.2) is 5.65 Å². The Morgan fingerprint density at radius 2 is 1.93 bits per heavy atom. The van der Waals surface area contributed by atoms with Crippen LogP contribution in [-0.4, -0.2) is 38.2 Å². The summed E-state index contributed by atoms with van der Waals surface area (Å²) in [5.74, 6) is 0.175. The number of imidazole rings is 1. The second-order valence-corrected chi connectivity index (χ2v) is 9.12. The minimum Gasteiger partial charge on any atom is -0.342 e. The van der Waals surface area contributed by atoms with Crippen LogP contribution in [0.15, 0.2) is 40.6 Å². The third-order valence-electron chi connectivity index (χ3n) is 6.13. The van der Waals surface area contributed by atoms with Crippen molar-refractivity contribution in [1.82, 2.24) is 19.4 Å². The van der Waals surface area contributed by atoms with Gasteiger partial charge in [0.05, 0.1) is 4.90 Å². The smallest absolute Gasteiger partial charge is 0.232 e. The number of piperidine rings is 1. The molecule has 3 aromatic rings. The van der Waals surface area contributed by atoms with Gasteiger partial charge in [-0.1, -0.05) is 23.4 Å². The number of pyridine rings is 1. The van der Waals surface area contributed by atoms with Gasteiger partial charge in [-0.15, -0.1) is 0 Å². The zero-order valence-corrected chi connectivity index (χ0v) is 17.3. The molecule has 1 aliphatic heterocycles. The molecule has 9 heteroatoms. The molecule has 1 aliphatic carbocycles. The molecule has 29 heavy (non-hydrogen) atoms. The van der Waals surface area contributed by atoms with Gasteiger partial charge in [-0.05, 0) is 38.2 Å². The van der Waals surface area contributed by atoms with Crippen molar-refractivity contribution >= 4 is 40.7 Å². The number of anilines is 1. The molecule has 2 fully saturated rings. The third-order valence-corrected chi connectivity index (χ3v) is 7.67. The first-order chi connectivity index (χ1) is 14.1. The van der Waals surface area contributed by atoms with Gasteiger partial charge in [0.25, 0.3) is 0 Å². The molecule has 6 nitrogen and oxygen atoms in total. The quantitative estimate of drug-likeness (QED) is 0.601. The Morgan fingerprint density at radius 3 is 2.69 bits per heavy atom. The lowest BCUT2D eigenvalue weighted by Crippen LogP contribution is -2.43. The second kappa shape index (κ2) is 7.25. The highest BCUT2D eigenvalue weighted by molar-refractivity contribution is 7.99. The van der Waals surface area contributed by atoms with Gasteiger partial charge in [0, 0.05) is 53.9 Å². The number of hydrogen-bond acceptors (Lipinski definition) is 6. The zero-order valence-electron chi connectivity index (χ0n) is 15.7. The maximum absolute atomic E-state index is 13.7. The number of halogens is 2. The molecule has 4 heterocycles. The fourth-order valence-electron chi connectivity index (χ4n) is 4.49. The number of rotatable bonds is 3. The van der Waals surface area contributed by atoms with Crippen LogP contribution >= 0.6 is 23.4 Å². The largest absolute Gasteiger partial charge is 0.342 e. The summed E-state index contributed by atoms with van der Waals surface area (Å²) < 4.78 is 15.7. The van der Waals surface area contributed by atoms with E-state index in [0.29, 0.717) is 4.90 Å². The molecule has 3 aromatic heterocycles. The van der Waals surface area contributed by atoms with Crippen LogP contribution < -0.4 is 4.90 Å². The standard InChI is InChI=1S/C20H20ClFN6S/c21-16-13(3-7-24-17(16)22)29-14-12-26-19(28-11-8-25-18(14)28)27-9-5-20(6-10-27)4-1-2-15(20)23/h3,7-8,11-12,23H,1-2,4-6,9-10H2. The number of nitrogens with zero attached hydrogens (tertiary/aromatic N) is 5. The molecule has 150 valence electrons. The Balaban J connectivity index is 1.43. The molecular weight excluding hydrogens is 411 g/mol. The molecule has 1 saturated carbocycles. The topological polar surface area (TPSA) is 70.2 Å². The maximum atomic E-state index is 13.7. The monoisotopic (exact) mass is 430 g/mol. The number of hydrogen-bond donors (Lipinski definition) is 1. The molecule has 1 saturated heterocycles. The van der Waals surface area contributed by atoms with Crippen LogP contribution in [-0.2, 0) is 0 Å². The van der Waals surface area contributed by atoms with E-state index >= 15 is 0 Å². The Hall–Kier alpha value is -2.19. The minimum absolute atomic E-state index is 0.00613. The lowest BCUT2D eigenvalue weighted by atomic mass is 9.76. The molecule has 0 radical (unpaired) electrons. The van der Waals surface area contributed by atoms with Gasteiger partial charge in [-0.3, -0.25) is 4.40 Å². The van der Waals surface area contributed by atoms with E-state index in [0.717, 1.165) is 67.4 Å². The van der Waals surface area contributed by atoms with Gasteiger partial charge >= 0.3 is 0 Å². The fraction of sp³-hybridized carbons (Fsp3) is 0.400. The van der Waals surface area contributed by atoms with E-state index in [1.54, 1.807) is 18.5 Å². The Bertz CT molecular complexity index is 1090. The number of fused-ring (bicyclic) bond motifs is 1. The predicted molar refractivity (Wildman–Crippen MR) is 112 cm³/mol. The molecule has 0 aromatic carbocycles. The van der Waals surface area contributed by atoms with E-state index < -0.39 is 5.95 Å². The maximum Gasteiger partial charge on any atom is 0.232 e. The highest BCUT2D eigenvalue weighted by atomic mass is 35.5. The summed E-state index contributed by atoms with van der Waals surface area (Å²) in [6, 6.07) is 1.68. The second-order valence-electron chi connectivity index (χ2n) is 7.66. The normalized spacial score (nSPS) is 18.8. The fourth-order valence-corrected chi connectivity index (χ4v) is 5.61. The van der Waals surface area contributed by atoms with Crippen LogP contribution in [0.4, 0.5) is 10.3 Å². The van der Waals surface area contributed by atoms with Crippen molar-refractivity contribution < 1.29 is 4.39 Å². The summed E-state index contributed by atoms with van der Waals surface area (Å²) in [4.78, 5) is 16.4. The average molecular weight is 431 g/mol. The molecule has 0 unspecified atom stereocenters.